The quantitative estimate of drug-likeness (QED) is 0.171. The Hall–Kier alpha value is -10.8. The van der Waals surface area contributed by atoms with Crippen molar-refractivity contribution in [2.45, 2.75) is 30.4 Å². The van der Waals surface area contributed by atoms with Crippen LogP contribution >= 0.6 is 0 Å². The molecule has 89 heavy (non-hydrogen) atoms. The molecule has 13 aromatic carbocycles. The van der Waals surface area contributed by atoms with Gasteiger partial charge in [-0.3, -0.25) is 0 Å². The van der Waals surface area contributed by atoms with E-state index in [2.05, 4.69) is 220 Å². The van der Waals surface area contributed by atoms with E-state index in [0.29, 0.717) is 30.6 Å². The predicted molar refractivity (Wildman–Crippen MR) is 355 cm³/mol. The molecule has 0 unspecified atom stereocenters. The molecule has 2 spiro atoms. The molecule has 0 saturated heterocycles. The fourth-order valence-corrected chi connectivity index (χ4v) is 20.3. The van der Waals surface area contributed by atoms with Crippen molar-refractivity contribution < 1.29 is 16.8 Å². The first kappa shape index (κ1) is 50.3. The molecule has 0 amide bonds. The summed E-state index contributed by atoms with van der Waals surface area (Å²) in [5.41, 5.74) is 17.2. The van der Waals surface area contributed by atoms with Crippen molar-refractivity contribution in [3.63, 3.8) is 0 Å². The molecule has 0 atom stereocenters. The van der Waals surface area contributed by atoms with Crippen LogP contribution in [0.1, 0.15) is 44.5 Å². The summed E-state index contributed by atoms with van der Waals surface area (Å²) in [5, 5.41) is 3.62. The molecule has 0 N–H and O–H groups in total. The summed E-state index contributed by atoms with van der Waals surface area (Å²) >= 11 is 0. The normalized spacial score (nSPS) is 15.3. The van der Waals surface area contributed by atoms with Gasteiger partial charge in [-0.15, -0.1) is 0 Å². The Morgan fingerprint density at radius 1 is 0.258 bits per heavy atom. The van der Waals surface area contributed by atoms with Gasteiger partial charge >= 0.3 is 0 Å². The minimum absolute atomic E-state index is 0.311. The van der Waals surface area contributed by atoms with Crippen LogP contribution in [0.5, 0.6) is 0 Å². The van der Waals surface area contributed by atoms with Crippen LogP contribution < -0.4 is 4.90 Å². The summed E-state index contributed by atoms with van der Waals surface area (Å²) in [4.78, 5) is 3.46. The lowest BCUT2D eigenvalue weighted by Gasteiger charge is -2.40. The fourth-order valence-electron chi connectivity index (χ4n) is 16.4. The molecule has 0 fully saturated rings. The lowest BCUT2D eigenvalue weighted by molar-refractivity contribution is 0.580. The van der Waals surface area contributed by atoms with E-state index < -0.39 is 30.5 Å². The minimum Gasteiger partial charge on any atom is -0.311 e. The average molecular weight is 1180 g/mol. The molecule has 4 aliphatic rings. The number of hydrogen-bond donors (Lipinski definition) is 0. The molecule has 0 radical (unpaired) electrons. The third-order valence-electron chi connectivity index (χ3n) is 19.7. The second kappa shape index (κ2) is 17.9. The summed E-state index contributed by atoms with van der Waals surface area (Å²) in [6, 6.07) is 101. The van der Waals surface area contributed by atoms with E-state index in [1.807, 2.05) is 78.9 Å². The maximum Gasteiger partial charge on any atom is 0.209 e. The van der Waals surface area contributed by atoms with Gasteiger partial charge in [0.1, 0.15) is 9.79 Å². The molecule has 7 nitrogen and oxygen atoms in total. The molecule has 0 bridgehead atoms. The standard InChI is InChI=1S/C80H49N3O4S2/c84-88(85)73-36-18-14-32-67(73)79(63-28-10-4-22-55(63)56-23-5-11-29-64(56)79)69-48-46-61-59-26-8-16-34-71(59)82(75(61)77(69)88)53-42-38-51(39-43-53)81(50-20-2-1-3-21-50)52-40-44-54(45-41-52)83-72-35-17-9-27-60(72)62-47-49-70-78(76(62)83)89(86,87)74-37-19-15-33-68(74)80(70)65-30-12-6-24-57(65)58-25-7-13-31-66(58)80/h1-49H. The first-order chi connectivity index (χ1) is 43.7. The van der Waals surface area contributed by atoms with Crippen LogP contribution in [0.4, 0.5) is 17.1 Å². The van der Waals surface area contributed by atoms with Gasteiger partial charge in [0.15, 0.2) is 0 Å². The highest BCUT2D eigenvalue weighted by atomic mass is 32.2. The van der Waals surface area contributed by atoms with E-state index in [0.717, 1.165) is 128 Å². The van der Waals surface area contributed by atoms with Crippen molar-refractivity contribution in [1.29, 1.82) is 0 Å². The zero-order valence-electron chi connectivity index (χ0n) is 47.6. The Balaban J connectivity index is 0.789. The van der Waals surface area contributed by atoms with Gasteiger partial charge in [0.2, 0.25) is 19.7 Å². The zero-order valence-corrected chi connectivity index (χ0v) is 49.2. The van der Waals surface area contributed by atoms with Crippen molar-refractivity contribution in [2.24, 2.45) is 0 Å². The van der Waals surface area contributed by atoms with Gasteiger partial charge in [0, 0.05) is 50.0 Å². The van der Waals surface area contributed by atoms with Crippen LogP contribution in [0.15, 0.2) is 317 Å². The summed E-state index contributed by atoms with van der Waals surface area (Å²) in [6.45, 7) is 0. The highest BCUT2D eigenvalue weighted by molar-refractivity contribution is 7.92. The molecule has 9 heteroatoms. The van der Waals surface area contributed by atoms with Gasteiger partial charge in [-0.2, -0.15) is 0 Å². The van der Waals surface area contributed by atoms with Gasteiger partial charge < -0.3 is 14.0 Å². The van der Waals surface area contributed by atoms with Gasteiger partial charge in [-0.05, 0) is 152 Å². The van der Waals surface area contributed by atoms with E-state index in [1.54, 1.807) is 12.1 Å². The van der Waals surface area contributed by atoms with Crippen LogP contribution in [0.2, 0.25) is 0 Å². The Bertz CT molecular complexity index is 5410. The minimum atomic E-state index is -4.12. The van der Waals surface area contributed by atoms with Crippen molar-refractivity contribution in [2.75, 3.05) is 4.90 Å². The molecular formula is C80H49N3O4S2. The number of fused-ring (bicyclic) bond motifs is 26. The molecule has 2 aliphatic heterocycles. The third kappa shape index (κ3) is 6.29. The average Bonchev–Trinajstić information content (AvgIpc) is 1.59. The summed E-state index contributed by atoms with van der Waals surface area (Å²) in [7, 11) is -8.25. The smallest absolute Gasteiger partial charge is 0.209 e. The van der Waals surface area contributed by atoms with E-state index in [-0.39, 0.29) is 0 Å². The number of nitrogens with zero attached hydrogens (tertiary/aromatic N) is 3. The summed E-state index contributed by atoms with van der Waals surface area (Å²) in [6.07, 6.45) is 0. The summed E-state index contributed by atoms with van der Waals surface area (Å²) < 4.78 is 67.7. The van der Waals surface area contributed by atoms with Crippen LogP contribution in [0.25, 0.3) is 77.2 Å². The number of aromatic nitrogens is 2. The highest BCUT2D eigenvalue weighted by Crippen LogP contribution is 2.64. The SMILES string of the molecule is O=S1(=O)c2ccccc2C2(c3ccccc3-c3ccccc32)c2ccc3c4ccccc4n(-c4ccc(N(c5ccccc5)c5ccc(-n6c7ccccc7c7ccc8c(c76)S(=O)(=O)c6ccccc6C86c7ccccc7-c7ccccc76)cc5)cc4)c3c21. The number of anilines is 3. The van der Waals surface area contributed by atoms with E-state index in [4.69, 9.17) is 0 Å². The monoisotopic (exact) mass is 1180 g/mol. The van der Waals surface area contributed by atoms with E-state index in [1.165, 1.54) is 0 Å². The van der Waals surface area contributed by atoms with Crippen LogP contribution in [-0.2, 0) is 30.5 Å². The van der Waals surface area contributed by atoms with Crippen molar-refractivity contribution >= 4 is 80.3 Å². The maximum atomic E-state index is 15.8. The van der Waals surface area contributed by atoms with Crippen molar-refractivity contribution in [3.8, 4) is 33.6 Å². The van der Waals surface area contributed by atoms with Crippen molar-refractivity contribution in [3.05, 3.63) is 342 Å². The Labute approximate surface area is 513 Å². The Morgan fingerprint density at radius 3 is 0.966 bits per heavy atom. The van der Waals surface area contributed by atoms with Gasteiger partial charge in [0.25, 0.3) is 0 Å². The molecule has 0 saturated carbocycles. The number of sulfone groups is 2. The second-order valence-corrected chi connectivity index (χ2v) is 27.5. The van der Waals surface area contributed by atoms with Gasteiger partial charge in [0.05, 0.1) is 42.7 Å². The van der Waals surface area contributed by atoms with Crippen LogP contribution in [0, 0.1) is 0 Å². The molecule has 19 rings (SSSR count). The topological polar surface area (TPSA) is 81.4 Å². The van der Waals surface area contributed by atoms with Crippen molar-refractivity contribution in [1.82, 2.24) is 9.13 Å². The molecule has 420 valence electrons. The first-order valence-electron chi connectivity index (χ1n) is 30.0. The van der Waals surface area contributed by atoms with Gasteiger partial charge in [-0.25, -0.2) is 16.8 Å². The van der Waals surface area contributed by atoms with E-state index >= 15 is 16.8 Å². The Morgan fingerprint density at radius 2 is 0.573 bits per heavy atom. The highest BCUT2D eigenvalue weighted by Gasteiger charge is 2.56. The molecule has 2 aromatic heterocycles. The fraction of sp³-hybridized carbons (Fsp3) is 0.0250. The lowest BCUT2D eigenvalue weighted by Crippen LogP contribution is -2.36. The Kier molecular flexibility index (Phi) is 10.1. The maximum absolute atomic E-state index is 15.8. The molecular weight excluding hydrogens is 1130 g/mol. The van der Waals surface area contributed by atoms with E-state index in [9.17, 15) is 0 Å². The zero-order chi connectivity index (χ0) is 59.1. The number of hydrogen-bond acceptors (Lipinski definition) is 5. The number of benzene rings is 13. The molecule has 15 aromatic rings. The second-order valence-electron chi connectivity index (χ2n) is 23.8. The third-order valence-corrected chi connectivity index (χ3v) is 23.5. The van der Waals surface area contributed by atoms with Gasteiger partial charge in [-0.1, -0.05) is 212 Å². The largest absolute Gasteiger partial charge is 0.311 e. The number of para-hydroxylation sites is 3. The van der Waals surface area contributed by atoms with Crippen LogP contribution in [-0.4, -0.2) is 26.0 Å². The summed E-state index contributed by atoms with van der Waals surface area (Å²) in [5.74, 6) is 0. The predicted octanol–water partition coefficient (Wildman–Crippen LogP) is 18.4. The molecule has 2 aliphatic carbocycles. The lowest BCUT2D eigenvalue weighted by atomic mass is 9.67. The number of rotatable bonds is 5. The molecule has 4 heterocycles. The van der Waals surface area contributed by atoms with Crippen LogP contribution in [0.3, 0.4) is 0 Å². The first-order valence-corrected chi connectivity index (χ1v) is 33.0.